The number of ether oxygens (including phenoxy) is 2. The summed E-state index contributed by atoms with van der Waals surface area (Å²) in [5.74, 6) is -0.217. The number of esters is 1. The number of likely N-dealkylation sites (N-methyl/N-ethyl adjacent to an activating group) is 1. The van der Waals surface area contributed by atoms with Gasteiger partial charge in [-0.05, 0) is 23.8 Å². The number of hydrogen-bond donors (Lipinski definition) is 0. The van der Waals surface area contributed by atoms with Crippen molar-refractivity contribution in [2.75, 3.05) is 20.8 Å². The van der Waals surface area contributed by atoms with Crippen LogP contribution in [0.1, 0.15) is 15.2 Å². The summed E-state index contributed by atoms with van der Waals surface area (Å²) < 4.78 is 11.2. The molecular weight excluding hydrogens is 386 g/mol. The van der Waals surface area contributed by atoms with Gasteiger partial charge in [0.05, 0.1) is 12.1 Å². The van der Waals surface area contributed by atoms with E-state index in [1.807, 2.05) is 30.3 Å². The summed E-state index contributed by atoms with van der Waals surface area (Å²) in [7, 11) is 3.24. The Hall–Kier alpha value is -2.57. The third kappa shape index (κ3) is 4.40. The third-order valence-corrected chi connectivity index (χ3v) is 5.67. The van der Waals surface area contributed by atoms with Crippen LogP contribution in [0.15, 0.2) is 48.5 Å². The molecule has 0 saturated heterocycles. The van der Waals surface area contributed by atoms with Gasteiger partial charge in [-0.1, -0.05) is 41.9 Å². The molecule has 0 atom stereocenters. The summed E-state index contributed by atoms with van der Waals surface area (Å²) in [6.45, 7) is 0.108. The van der Waals surface area contributed by atoms with Crippen LogP contribution in [0.4, 0.5) is 0 Å². The highest BCUT2D eigenvalue weighted by molar-refractivity contribution is 7.21. The standard InChI is InChI=1S/C20H18ClNO4S/c1-22(11-13-6-4-3-5-7-13)17(23)12-26-20(24)19-18(21)15-9-8-14(25-2)10-16(15)27-19/h3-10H,11-12H2,1-2H3. The average molecular weight is 404 g/mol. The van der Waals surface area contributed by atoms with Crippen LogP contribution in [0.5, 0.6) is 5.75 Å². The molecule has 0 radical (unpaired) electrons. The van der Waals surface area contributed by atoms with E-state index in [1.54, 1.807) is 32.4 Å². The summed E-state index contributed by atoms with van der Waals surface area (Å²) in [5, 5.41) is 1.08. The van der Waals surface area contributed by atoms with Crippen molar-refractivity contribution in [3.8, 4) is 5.75 Å². The second kappa shape index (κ2) is 8.41. The first-order valence-corrected chi connectivity index (χ1v) is 9.40. The Labute approximate surface area is 166 Å². The number of hydrogen-bond acceptors (Lipinski definition) is 5. The van der Waals surface area contributed by atoms with Crippen molar-refractivity contribution in [1.29, 1.82) is 0 Å². The van der Waals surface area contributed by atoms with E-state index >= 15 is 0 Å². The minimum Gasteiger partial charge on any atom is -0.497 e. The average Bonchev–Trinajstić information content (AvgIpc) is 3.02. The quantitative estimate of drug-likeness (QED) is 0.573. The van der Waals surface area contributed by atoms with Crippen molar-refractivity contribution >= 4 is 44.9 Å². The van der Waals surface area contributed by atoms with Crippen molar-refractivity contribution in [2.24, 2.45) is 0 Å². The number of amides is 1. The highest BCUT2D eigenvalue weighted by atomic mass is 35.5. The van der Waals surface area contributed by atoms with Crippen molar-refractivity contribution in [1.82, 2.24) is 4.90 Å². The first-order chi connectivity index (χ1) is 13.0. The number of methoxy groups -OCH3 is 1. The van der Waals surface area contributed by atoms with E-state index < -0.39 is 5.97 Å². The van der Waals surface area contributed by atoms with Crippen LogP contribution in [0, 0.1) is 0 Å². The van der Waals surface area contributed by atoms with E-state index in [9.17, 15) is 9.59 Å². The van der Waals surface area contributed by atoms with Gasteiger partial charge in [-0.2, -0.15) is 0 Å². The number of halogens is 1. The fourth-order valence-corrected chi connectivity index (χ4v) is 3.98. The molecule has 0 aliphatic heterocycles. The number of carbonyl (C=O) groups is 2. The SMILES string of the molecule is COc1ccc2c(Cl)c(C(=O)OCC(=O)N(C)Cc3ccccc3)sc2c1. The third-order valence-electron chi connectivity index (χ3n) is 4.04. The lowest BCUT2D eigenvalue weighted by Crippen LogP contribution is -2.30. The molecule has 7 heteroatoms. The van der Waals surface area contributed by atoms with Gasteiger partial charge < -0.3 is 14.4 Å². The Morgan fingerprint density at radius 2 is 1.89 bits per heavy atom. The monoisotopic (exact) mass is 403 g/mol. The van der Waals surface area contributed by atoms with E-state index in [-0.39, 0.29) is 17.4 Å². The van der Waals surface area contributed by atoms with Crippen molar-refractivity contribution in [3.05, 3.63) is 64.0 Å². The molecule has 0 bridgehead atoms. The Morgan fingerprint density at radius 1 is 1.15 bits per heavy atom. The summed E-state index contributed by atoms with van der Waals surface area (Å²) in [6, 6.07) is 15.0. The number of carbonyl (C=O) groups excluding carboxylic acids is 2. The zero-order valence-corrected chi connectivity index (χ0v) is 16.5. The van der Waals surface area contributed by atoms with Gasteiger partial charge in [0.2, 0.25) is 0 Å². The number of benzene rings is 2. The number of nitrogens with zero attached hydrogens (tertiary/aromatic N) is 1. The Bertz CT molecular complexity index is 971. The molecule has 0 fully saturated rings. The molecule has 0 aliphatic rings. The van der Waals surface area contributed by atoms with E-state index in [4.69, 9.17) is 21.1 Å². The van der Waals surface area contributed by atoms with Crippen LogP contribution >= 0.6 is 22.9 Å². The predicted molar refractivity (Wildman–Crippen MR) is 107 cm³/mol. The van der Waals surface area contributed by atoms with Crippen LogP contribution in [-0.4, -0.2) is 37.5 Å². The van der Waals surface area contributed by atoms with Crippen LogP contribution in [0.25, 0.3) is 10.1 Å². The molecule has 0 unspecified atom stereocenters. The fourth-order valence-electron chi connectivity index (χ4n) is 2.55. The molecule has 5 nitrogen and oxygen atoms in total. The minimum atomic E-state index is -0.610. The molecule has 0 aliphatic carbocycles. The minimum absolute atomic E-state index is 0.276. The topological polar surface area (TPSA) is 55.8 Å². The smallest absolute Gasteiger partial charge is 0.350 e. The summed E-state index contributed by atoms with van der Waals surface area (Å²) in [5.41, 5.74) is 1.00. The number of rotatable bonds is 6. The normalized spacial score (nSPS) is 10.6. The fraction of sp³-hybridized carbons (Fsp3) is 0.200. The number of fused-ring (bicyclic) bond motifs is 1. The van der Waals surface area contributed by atoms with Crippen LogP contribution < -0.4 is 4.74 Å². The first-order valence-electron chi connectivity index (χ1n) is 8.20. The second-order valence-electron chi connectivity index (χ2n) is 5.92. The maximum absolute atomic E-state index is 12.4. The molecule has 3 aromatic rings. The summed E-state index contributed by atoms with van der Waals surface area (Å²) in [4.78, 5) is 26.4. The van der Waals surface area contributed by atoms with Crippen LogP contribution in [0.3, 0.4) is 0 Å². The van der Waals surface area contributed by atoms with Gasteiger partial charge in [0, 0.05) is 23.7 Å². The molecule has 140 valence electrons. The van der Waals surface area contributed by atoms with Gasteiger partial charge in [0.25, 0.3) is 5.91 Å². The molecule has 27 heavy (non-hydrogen) atoms. The molecule has 0 N–H and O–H groups in total. The highest BCUT2D eigenvalue weighted by Gasteiger charge is 2.20. The molecule has 2 aromatic carbocycles. The molecule has 1 heterocycles. The highest BCUT2D eigenvalue weighted by Crippen LogP contribution is 2.37. The number of thiophene rings is 1. The lowest BCUT2D eigenvalue weighted by atomic mass is 10.2. The lowest BCUT2D eigenvalue weighted by molar-refractivity contribution is -0.133. The van der Waals surface area contributed by atoms with Crippen molar-refractivity contribution in [2.45, 2.75) is 6.54 Å². The van der Waals surface area contributed by atoms with E-state index in [2.05, 4.69) is 0 Å². The van der Waals surface area contributed by atoms with E-state index in [0.717, 1.165) is 15.6 Å². The van der Waals surface area contributed by atoms with Crippen LogP contribution in [0.2, 0.25) is 5.02 Å². The van der Waals surface area contributed by atoms with Crippen molar-refractivity contribution in [3.63, 3.8) is 0 Å². The summed E-state index contributed by atoms with van der Waals surface area (Å²) in [6.07, 6.45) is 0. The van der Waals surface area contributed by atoms with Gasteiger partial charge >= 0.3 is 5.97 Å². The van der Waals surface area contributed by atoms with Gasteiger partial charge in [-0.15, -0.1) is 11.3 Å². The zero-order valence-electron chi connectivity index (χ0n) is 14.9. The van der Waals surface area contributed by atoms with Crippen LogP contribution in [-0.2, 0) is 16.1 Å². The lowest BCUT2D eigenvalue weighted by Gasteiger charge is -2.17. The van der Waals surface area contributed by atoms with E-state index in [1.165, 1.54) is 16.2 Å². The van der Waals surface area contributed by atoms with Gasteiger partial charge in [0.1, 0.15) is 10.6 Å². The van der Waals surface area contributed by atoms with Gasteiger partial charge in [-0.25, -0.2) is 4.79 Å². The summed E-state index contributed by atoms with van der Waals surface area (Å²) >= 11 is 7.52. The predicted octanol–water partition coefficient (Wildman–Crippen LogP) is 4.38. The second-order valence-corrected chi connectivity index (χ2v) is 7.35. The Balaban J connectivity index is 1.64. The Kier molecular flexibility index (Phi) is 5.98. The Morgan fingerprint density at radius 3 is 2.59 bits per heavy atom. The largest absolute Gasteiger partial charge is 0.497 e. The van der Waals surface area contributed by atoms with Gasteiger partial charge in [0.15, 0.2) is 6.61 Å². The van der Waals surface area contributed by atoms with Gasteiger partial charge in [-0.3, -0.25) is 4.79 Å². The molecule has 1 aromatic heterocycles. The zero-order chi connectivity index (χ0) is 19.4. The molecule has 0 spiro atoms. The van der Waals surface area contributed by atoms with E-state index in [0.29, 0.717) is 17.3 Å². The molecular formula is C20H18ClNO4S. The molecule has 0 saturated carbocycles. The maximum Gasteiger partial charge on any atom is 0.350 e. The maximum atomic E-state index is 12.4. The van der Waals surface area contributed by atoms with Crippen molar-refractivity contribution < 1.29 is 19.1 Å². The molecule has 1 amide bonds. The molecule has 3 rings (SSSR count). The first kappa shape index (κ1) is 19.2.